The van der Waals surface area contributed by atoms with E-state index in [2.05, 4.69) is 5.32 Å². The Labute approximate surface area is 168 Å². The molecule has 0 aromatic heterocycles. The highest BCUT2D eigenvalue weighted by Gasteiger charge is 2.29. The molecule has 0 amide bonds. The minimum absolute atomic E-state index is 0.257. The first-order valence-electron chi connectivity index (χ1n) is 9.96. The van der Waals surface area contributed by atoms with Crippen LogP contribution in [0.3, 0.4) is 0 Å². The van der Waals surface area contributed by atoms with Crippen molar-refractivity contribution in [1.29, 1.82) is 0 Å². The van der Waals surface area contributed by atoms with Gasteiger partial charge in [-0.3, -0.25) is 0 Å². The van der Waals surface area contributed by atoms with E-state index in [0.717, 1.165) is 11.1 Å². The van der Waals surface area contributed by atoms with E-state index in [0.29, 0.717) is 37.2 Å². The molecule has 0 saturated carbocycles. The molecular weight excluding hydrogens is 380 g/mol. The lowest BCUT2D eigenvalue weighted by atomic mass is 9.98. The zero-order valence-corrected chi connectivity index (χ0v) is 16.0. The Kier molecular flexibility index (Phi) is 5.99. The Hall–Kier alpha value is -2.22. The average molecular weight is 405 g/mol. The molecule has 2 aromatic carbocycles. The molecule has 0 fully saturated rings. The first-order chi connectivity index (χ1) is 14.0. The largest absolute Gasteiger partial charge is 0.487 e. The van der Waals surface area contributed by atoms with Crippen molar-refractivity contribution in [2.24, 2.45) is 0 Å². The van der Waals surface area contributed by atoms with Crippen molar-refractivity contribution in [3.05, 3.63) is 59.2 Å². The fourth-order valence-corrected chi connectivity index (χ4v) is 3.94. The van der Waals surface area contributed by atoms with Crippen molar-refractivity contribution >= 4 is 0 Å². The van der Waals surface area contributed by atoms with E-state index in [1.807, 2.05) is 0 Å². The quantitative estimate of drug-likeness (QED) is 0.688. The topological polar surface area (TPSA) is 71.0 Å². The Morgan fingerprint density at radius 1 is 0.828 bits per heavy atom. The molecule has 2 aliphatic heterocycles. The minimum Gasteiger partial charge on any atom is -0.487 e. The second-order valence-electron chi connectivity index (χ2n) is 7.69. The van der Waals surface area contributed by atoms with E-state index in [1.54, 1.807) is 12.1 Å². The van der Waals surface area contributed by atoms with E-state index in [4.69, 9.17) is 9.47 Å². The minimum atomic E-state index is -0.753. The third-order valence-corrected chi connectivity index (χ3v) is 5.56. The number of nitrogens with one attached hydrogen (secondary N) is 1. The van der Waals surface area contributed by atoms with E-state index in [1.165, 1.54) is 24.3 Å². The number of fused-ring (bicyclic) bond motifs is 2. The third kappa shape index (κ3) is 4.69. The monoisotopic (exact) mass is 405 g/mol. The summed E-state index contributed by atoms with van der Waals surface area (Å²) in [4.78, 5) is 0. The van der Waals surface area contributed by atoms with E-state index in [9.17, 15) is 19.0 Å². The van der Waals surface area contributed by atoms with Crippen LogP contribution in [0.25, 0.3) is 0 Å². The van der Waals surface area contributed by atoms with Crippen LogP contribution in [0, 0.1) is 11.6 Å². The number of aliphatic hydroxyl groups is 2. The summed E-state index contributed by atoms with van der Waals surface area (Å²) >= 11 is 0. The number of benzene rings is 2. The highest BCUT2D eigenvalue weighted by atomic mass is 19.1. The lowest BCUT2D eigenvalue weighted by Gasteiger charge is -2.31. The maximum absolute atomic E-state index is 13.3. The van der Waals surface area contributed by atoms with Crippen LogP contribution in [0.2, 0.25) is 0 Å². The summed E-state index contributed by atoms with van der Waals surface area (Å²) in [5.74, 6) is 0.624. The Morgan fingerprint density at radius 2 is 1.28 bits per heavy atom. The third-order valence-electron chi connectivity index (χ3n) is 5.56. The molecule has 156 valence electrons. The zero-order chi connectivity index (χ0) is 20.4. The first-order valence-corrected chi connectivity index (χ1v) is 9.96. The molecule has 0 saturated heterocycles. The second-order valence-corrected chi connectivity index (χ2v) is 7.69. The molecule has 0 bridgehead atoms. The second kappa shape index (κ2) is 8.65. The zero-order valence-electron chi connectivity index (χ0n) is 16.0. The van der Waals surface area contributed by atoms with Crippen molar-refractivity contribution in [2.75, 3.05) is 13.1 Å². The molecule has 7 heteroatoms. The predicted molar refractivity (Wildman–Crippen MR) is 103 cm³/mol. The molecule has 5 nitrogen and oxygen atoms in total. The van der Waals surface area contributed by atoms with Crippen LogP contribution in [0.15, 0.2) is 36.4 Å². The van der Waals surface area contributed by atoms with Crippen molar-refractivity contribution < 1.29 is 28.5 Å². The van der Waals surface area contributed by atoms with Gasteiger partial charge in [-0.15, -0.1) is 0 Å². The van der Waals surface area contributed by atoms with Gasteiger partial charge in [0, 0.05) is 13.1 Å². The molecular formula is C22H25F2NO4. The van der Waals surface area contributed by atoms with Crippen LogP contribution in [0.5, 0.6) is 11.5 Å². The van der Waals surface area contributed by atoms with Crippen molar-refractivity contribution in [1.82, 2.24) is 5.32 Å². The van der Waals surface area contributed by atoms with Gasteiger partial charge in [-0.1, -0.05) is 0 Å². The van der Waals surface area contributed by atoms with Gasteiger partial charge in [0.15, 0.2) is 0 Å². The van der Waals surface area contributed by atoms with Crippen molar-refractivity contribution in [3.63, 3.8) is 0 Å². The average Bonchev–Trinajstić information content (AvgIpc) is 2.72. The van der Waals surface area contributed by atoms with Gasteiger partial charge < -0.3 is 25.0 Å². The van der Waals surface area contributed by atoms with Gasteiger partial charge in [-0.2, -0.15) is 0 Å². The standard InChI is InChI=1S/C22H25F2NO4/c23-15-3-7-19-13(9-15)1-5-21(28-19)17(26)11-25-12-18(27)22-6-2-14-10-16(24)4-8-20(14)29-22/h3-4,7-10,17-18,21-22,25-27H,1-2,5-6,11-12H2/t17-,18-,21+,22?/m1/s1. The molecule has 1 unspecified atom stereocenters. The lowest BCUT2D eigenvalue weighted by molar-refractivity contribution is 0.00892. The first kappa shape index (κ1) is 20.1. The summed E-state index contributed by atoms with van der Waals surface area (Å²) in [6.45, 7) is 0.513. The van der Waals surface area contributed by atoms with Crippen molar-refractivity contribution in [3.8, 4) is 11.5 Å². The maximum atomic E-state index is 13.3. The van der Waals surface area contributed by atoms with Crippen LogP contribution in [0.4, 0.5) is 8.78 Å². The number of aliphatic hydroxyl groups excluding tert-OH is 2. The number of halogens is 2. The van der Waals surface area contributed by atoms with Gasteiger partial charge in [0.1, 0.15) is 47.5 Å². The molecule has 0 spiro atoms. The smallest absolute Gasteiger partial charge is 0.126 e. The van der Waals surface area contributed by atoms with Gasteiger partial charge in [0.05, 0.1) is 0 Å². The lowest BCUT2D eigenvalue weighted by Crippen LogP contribution is -2.46. The van der Waals surface area contributed by atoms with E-state index < -0.39 is 12.2 Å². The summed E-state index contributed by atoms with van der Waals surface area (Å²) in [5.41, 5.74) is 1.62. The van der Waals surface area contributed by atoms with E-state index in [-0.39, 0.29) is 36.9 Å². The fraction of sp³-hybridized carbons (Fsp3) is 0.455. The number of rotatable bonds is 6. The molecule has 4 rings (SSSR count). The molecule has 2 aromatic rings. The molecule has 29 heavy (non-hydrogen) atoms. The highest BCUT2D eigenvalue weighted by Crippen LogP contribution is 2.30. The molecule has 0 radical (unpaired) electrons. The Morgan fingerprint density at radius 3 is 1.72 bits per heavy atom. The normalized spacial score (nSPS) is 22.6. The SMILES string of the molecule is O[C@H](CNC[C@@H](O)[C@@H]1CCc2cc(F)ccc2O1)C1CCc2cc(F)ccc2O1. The summed E-state index contributed by atoms with van der Waals surface area (Å²) in [6.07, 6.45) is 0.214. The van der Waals surface area contributed by atoms with Crippen LogP contribution < -0.4 is 14.8 Å². The number of aryl methyl sites for hydroxylation is 2. The summed E-state index contributed by atoms with van der Waals surface area (Å²) in [5, 5.41) is 23.9. The van der Waals surface area contributed by atoms with Crippen LogP contribution in [-0.4, -0.2) is 47.7 Å². The van der Waals surface area contributed by atoms with E-state index >= 15 is 0 Å². The number of hydrogen-bond acceptors (Lipinski definition) is 5. The maximum Gasteiger partial charge on any atom is 0.126 e. The molecule has 0 aliphatic carbocycles. The van der Waals surface area contributed by atoms with Crippen LogP contribution >= 0.6 is 0 Å². The summed E-state index contributed by atoms with van der Waals surface area (Å²) in [7, 11) is 0. The number of ether oxygens (including phenoxy) is 2. The van der Waals surface area contributed by atoms with Gasteiger partial charge in [0.2, 0.25) is 0 Å². The van der Waals surface area contributed by atoms with Gasteiger partial charge in [-0.05, 0) is 73.2 Å². The molecule has 3 N–H and O–H groups in total. The molecule has 4 atom stereocenters. The fourth-order valence-electron chi connectivity index (χ4n) is 3.94. The van der Waals surface area contributed by atoms with Crippen LogP contribution in [-0.2, 0) is 12.8 Å². The number of hydrogen-bond donors (Lipinski definition) is 3. The predicted octanol–water partition coefficient (Wildman–Crippen LogP) is 2.36. The van der Waals surface area contributed by atoms with Gasteiger partial charge in [0.25, 0.3) is 0 Å². The highest BCUT2D eigenvalue weighted by molar-refractivity contribution is 5.36. The van der Waals surface area contributed by atoms with Crippen LogP contribution in [0.1, 0.15) is 24.0 Å². The summed E-state index contributed by atoms with van der Waals surface area (Å²) < 4.78 is 38.2. The molecule has 2 aliphatic rings. The summed E-state index contributed by atoms with van der Waals surface area (Å²) in [6, 6.07) is 8.79. The van der Waals surface area contributed by atoms with Crippen molar-refractivity contribution in [2.45, 2.75) is 50.1 Å². The van der Waals surface area contributed by atoms with Gasteiger partial charge in [-0.25, -0.2) is 8.78 Å². The Bertz CT molecular complexity index is 793. The Balaban J connectivity index is 1.24. The molecule has 2 heterocycles. The van der Waals surface area contributed by atoms with Gasteiger partial charge >= 0.3 is 0 Å².